The van der Waals surface area contributed by atoms with E-state index in [-0.39, 0.29) is 0 Å². The van der Waals surface area contributed by atoms with Gasteiger partial charge < -0.3 is 0 Å². The van der Waals surface area contributed by atoms with E-state index in [1.165, 1.54) is 0 Å². The zero-order valence-electron chi connectivity index (χ0n) is 5.45. The fourth-order valence-corrected chi connectivity index (χ4v) is 0.389. The largest absolute Gasteiger partial charge is 0.299 e. The molecule has 0 spiro atoms. The summed E-state index contributed by atoms with van der Waals surface area (Å²) in [5, 5.41) is 7.42. The van der Waals surface area contributed by atoms with Crippen molar-refractivity contribution in [3.63, 3.8) is 0 Å². The van der Waals surface area contributed by atoms with Gasteiger partial charge in [-0.2, -0.15) is 0 Å². The number of rotatable bonds is 3. The van der Waals surface area contributed by atoms with Gasteiger partial charge in [-0.3, -0.25) is 5.41 Å². The lowest BCUT2D eigenvalue weighted by Gasteiger charge is -1.88. The Morgan fingerprint density at radius 3 is 2.67 bits per heavy atom. The molecule has 9 heavy (non-hydrogen) atoms. The van der Waals surface area contributed by atoms with Crippen LogP contribution in [0.4, 0.5) is 0 Å². The Kier molecular flexibility index (Phi) is 4.06. The van der Waals surface area contributed by atoms with Crippen molar-refractivity contribution in [2.24, 2.45) is 0 Å². The molecule has 2 heteroatoms. The molecular formula is C7H10ClN. The van der Waals surface area contributed by atoms with E-state index in [1.54, 1.807) is 6.08 Å². The van der Waals surface area contributed by atoms with Crippen molar-refractivity contribution < 1.29 is 0 Å². The monoisotopic (exact) mass is 143 g/mol. The molecule has 0 atom stereocenters. The molecule has 0 radical (unpaired) electrons. The minimum atomic E-state index is 0.290. The van der Waals surface area contributed by atoms with Gasteiger partial charge in [-0.05, 0) is 12.5 Å². The molecule has 0 saturated carbocycles. The summed E-state index contributed by atoms with van der Waals surface area (Å²) in [7, 11) is 0. The Bertz CT molecular complexity index is 147. The molecule has 0 amide bonds. The summed E-state index contributed by atoms with van der Waals surface area (Å²) in [4.78, 5) is 0. The lowest BCUT2D eigenvalue weighted by molar-refractivity contribution is 1.23. The minimum absolute atomic E-state index is 0.290. The minimum Gasteiger partial charge on any atom is -0.299 e. The topological polar surface area (TPSA) is 23.9 Å². The normalized spacial score (nSPS) is 10.0. The van der Waals surface area contributed by atoms with E-state index in [9.17, 15) is 0 Å². The zero-order chi connectivity index (χ0) is 7.28. The highest BCUT2D eigenvalue weighted by Crippen LogP contribution is 1.99. The number of allylic oxidation sites excluding steroid dienone is 3. The highest BCUT2D eigenvalue weighted by atomic mass is 35.5. The third kappa shape index (κ3) is 3.98. The van der Waals surface area contributed by atoms with E-state index in [2.05, 4.69) is 6.58 Å². The molecule has 1 N–H and O–H groups in total. The van der Waals surface area contributed by atoms with Gasteiger partial charge in [-0.15, -0.1) is 0 Å². The molecule has 0 saturated heterocycles. The molecule has 0 aromatic carbocycles. The van der Waals surface area contributed by atoms with Gasteiger partial charge in [0.2, 0.25) is 0 Å². The first kappa shape index (κ1) is 8.44. The van der Waals surface area contributed by atoms with Gasteiger partial charge in [0.05, 0.1) is 10.7 Å². The molecule has 0 aromatic heterocycles. The number of halogens is 1. The fourth-order valence-electron chi connectivity index (χ4n) is 0.326. The molecule has 0 unspecified atom stereocenters. The van der Waals surface area contributed by atoms with E-state index in [1.807, 2.05) is 13.0 Å². The average Bonchev–Trinajstić information content (AvgIpc) is 1.82. The summed E-state index contributed by atoms with van der Waals surface area (Å²) in [5.41, 5.74) is 0.290. The van der Waals surface area contributed by atoms with Crippen LogP contribution in [-0.4, -0.2) is 5.71 Å². The highest BCUT2D eigenvalue weighted by Gasteiger charge is 1.89. The summed E-state index contributed by atoms with van der Waals surface area (Å²) in [6.07, 6.45) is 4.44. The van der Waals surface area contributed by atoms with Crippen LogP contribution < -0.4 is 0 Å². The predicted molar refractivity (Wildman–Crippen MR) is 42.2 cm³/mol. The molecule has 1 nitrogen and oxygen atoms in total. The lowest BCUT2D eigenvalue weighted by atomic mass is 10.3. The number of hydrogen-bond donors (Lipinski definition) is 1. The predicted octanol–water partition coefficient (Wildman–Crippen LogP) is 2.72. The Morgan fingerprint density at radius 1 is 1.78 bits per heavy atom. The summed E-state index contributed by atoms with van der Waals surface area (Å²) in [5.74, 6) is 0. The maximum Gasteiger partial charge on any atom is 0.0716 e. The van der Waals surface area contributed by atoms with Gasteiger partial charge >= 0.3 is 0 Å². The smallest absolute Gasteiger partial charge is 0.0716 e. The van der Waals surface area contributed by atoms with E-state index >= 15 is 0 Å². The van der Waals surface area contributed by atoms with E-state index in [0.717, 1.165) is 6.42 Å². The molecule has 50 valence electrons. The van der Waals surface area contributed by atoms with Crippen LogP contribution in [0.3, 0.4) is 0 Å². The molecular weight excluding hydrogens is 134 g/mol. The van der Waals surface area contributed by atoms with E-state index < -0.39 is 0 Å². The van der Waals surface area contributed by atoms with Crippen molar-refractivity contribution in [3.05, 3.63) is 23.8 Å². The van der Waals surface area contributed by atoms with Crippen molar-refractivity contribution in [3.8, 4) is 0 Å². The van der Waals surface area contributed by atoms with Crippen LogP contribution >= 0.6 is 11.6 Å². The summed E-state index contributed by atoms with van der Waals surface area (Å²) in [6, 6.07) is 0. The molecule has 0 bridgehead atoms. The molecule has 0 aromatic rings. The number of nitrogens with one attached hydrogen (secondary N) is 1. The van der Waals surface area contributed by atoms with Gasteiger partial charge in [0.25, 0.3) is 0 Å². The van der Waals surface area contributed by atoms with Gasteiger partial charge in [0, 0.05) is 0 Å². The molecule has 0 rings (SSSR count). The van der Waals surface area contributed by atoms with E-state index in [0.29, 0.717) is 10.7 Å². The first-order valence-electron chi connectivity index (χ1n) is 2.78. The van der Waals surface area contributed by atoms with Crippen LogP contribution in [0.2, 0.25) is 0 Å². The van der Waals surface area contributed by atoms with Crippen LogP contribution in [-0.2, 0) is 0 Å². The molecule has 0 aliphatic carbocycles. The van der Waals surface area contributed by atoms with Gasteiger partial charge in [0.15, 0.2) is 0 Å². The first-order chi connectivity index (χ1) is 4.18. The molecule has 0 heterocycles. The molecule has 0 fully saturated rings. The number of hydrogen-bond acceptors (Lipinski definition) is 1. The zero-order valence-corrected chi connectivity index (χ0v) is 6.20. The van der Waals surface area contributed by atoms with Crippen molar-refractivity contribution in [2.75, 3.05) is 0 Å². The SMILES string of the molecule is C=C(Cl)C(=N)/C=C\CC. The Morgan fingerprint density at radius 2 is 2.33 bits per heavy atom. The van der Waals surface area contributed by atoms with E-state index in [4.69, 9.17) is 17.0 Å². The molecule has 0 aliphatic rings. The van der Waals surface area contributed by atoms with Gasteiger partial charge in [-0.1, -0.05) is 31.2 Å². The van der Waals surface area contributed by atoms with Crippen LogP contribution in [0.5, 0.6) is 0 Å². The second-order valence-corrected chi connectivity index (χ2v) is 2.09. The highest BCUT2D eigenvalue weighted by molar-refractivity contribution is 6.44. The lowest BCUT2D eigenvalue weighted by Crippen LogP contribution is -1.86. The second kappa shape index (κ2) is 4.33. The third-order valence-corrected chi connectivity index (χ3v) is 1.02. The maximum absolute atomic E-state index is 7.13. The van der Waals surface area contributed by atoms with Crippen LogP contribution in [0.15, 0.2) is 23.8 Å². The Balaban J connectivity index is 3.77. The van der Waals surface area contributed by atoms with Crippen molar-refractivity contribution >= 4 is 17.3 Å². The van der Waals surface area contributed by atoms with Crippen molar-refractivity contribution in [1.29, 1.82) is 5.41 Å². The maximum atomic E-state index is 7.13. The molecule has 0 aliphatic heterocycles. The van der Waals surface area contributed by atoms with Crippen molar-refractivity contribution in [1.82, 2.24) is 0 Å². The second-order valence-electron chi connectivity index (χ2n) is 1.63. The summed E-state index contributed by atoms with van der Waals surface area (Å²) < 4.78 is 0. The van der Waals surface area contributed by atoms with Crippen LogP contribution in [0.25, 0.3) is 0 Å². The third-order valence-electron chi connectivity index (χ3n) is 0.812. The average molecular weight is 144 g/mol. The summed E-state index contributed by atoms with van der Waals surface area (Å²) >= 11 is 5.39. The van der Waals surface area contributed by atoms with Gasteiger partial charge in [-0.25, -0.2) is 0 Å². The fraction of sp³-hybridized carbons (Fsp3) is 0.286. The van der Waals surface area contributed by atoms with Crippen LogP contribution in [0.1, 0.15) is 13.3 Å². The Labute approximate surface area is 60.5 Å². The van der Waals surface area contributed by atoms with Crippen LogP contribution in [0, 0.1) is 5.41 Å². The van der Waals surface area contributed by atoms with Crippen molar-refractivity contribution in [2.45, 2.75) is 13.3 Å². The van der Waals surface area contributed by atoms with Gasteiger partial charge in [0.1, 0.15) is 0 Å². The Hall–Kier alpha value is -0.560. The quantitative estimate of drug-likeness (QED) is 0.588. The summed E-state index contributed by atoms with van der Waals surface area (Å²) in [6.45, 7) is 5.40. The first-order valence-corrected chi connectivity index (χ1v) is 3.16. The standard InChI is InChI=1S/C7H10ClN/c1-3-4-5-7(9)6(2)8/h4-5,9H,2-3H2,1H3/b5-4-,9-7?.